The molecule has 1 heterocycles. The van der Waals surface area contributed by atoms with Gasteiger partial charge in [-0.2, -0.15) is 4.31 Å². The van der Waals surface area contributed by atoms with E-state index >= 15 is 0 Å². The fourth-order valence-electron chi connectivity index (χ4n) is 3.06. The van der Waals surface area contributed by atoms with Gasteiger partial charge in [0.2, 0.25) is 15.9 Å². The summed E-state index contributed by atoms with van der Waals surface area (Å²) in [5.41, 5.74) is 2.66. The monoisotopic (exact) mass is 437 g/mol. The van der Waals surface area contributed by atoms with E-state index in [1.54, 1.807) is 19.1 Å². The molecule has 2 aromatic carbocycles. The van der Waals surface area contributed by atoms with E-state index in [-0.39, 0.29) is 17.3 Å². The SMILES string of the molecule is CCC(=O)Nc1ccc(S(=O)(=O)Nc2ccc3c(c2)CN(S(C)(=O)=O)CC3)cc1. The summed E-state index contributed by atoms with van der Waals surface area (Å²) < 4.78 is 52.8. The molecule has 0 atom stereocenters. The summed E-state index contributed by atoms with van der Waals surface area (Å²) in [5.74, 6) is -0.157. The van der Waals surface area contributed by atoms with Gasteiger partial charge in [0.25, 0.3) is 10.0 Å². The van der Waals surface area contributed by atoms with Crippen molar-refractivity contribution in [1.82, 2.24) is 4.31 Å². The molecule has 1 amide bonds. The Morgan fingerprint density at radius 2 is 1.66 bits per heavy atom. The second-order valence-electron chi connectivity index (χ2n) is 6.86. The first kappa shape index (κ1) is 21.3. The molecule has 2 aromatic rings. The Morgan fingerprint density at radius 3 is 2.28 bits per heavy atom. The van der Waals surface area contributed by atoms with Gasteiger partial charge in [-0.25, -0.2) is 16.8 Å². The molecule has 0 spiro atoms. The molecule has 0 saturated heterocycles. The molecule has 0 unspecified atom stereocenters. The molecule has 2 N–H and O–H groups in total. The Kier molecular flexibility index (Phi) is 5.97. The molecule has 10 heteroatoms. The molecule has 0 aliphatic carbocycles. The van der Waals surface area contributed by atoms with Crippen molar-refractivity contribution >= 4 is 37.3 Å². The maximum absolute atomic E-state index is 12.7. The second kappa shape index (κ2) is 8.13. The molecule has 29 heavy (non-hydrogen) atoms. The molecule has 1 aliphatic rings. The standard InChI is InChI=1S/C19H23N3O5S2/c1-3-19(23)20-16-6-8-18(9-7-16)29(26,27)21-17-5-4-14-10-11-22(28(2,24)25)13-15(14)12-17/h4-9,12,21H,3,10-11,13H2,1-2H3,(H,20,23). The topological polar surface area (TPSA) is 113 Å². The lowest BCUT2D eigenvalue weighted by Crippen LogP contribution is -2.35. The lowest BCUT2D eigenvalue weighted by atomic mass is 10.0. The zero-order valence-electron chi connectivity index (χ0n) is 16.2. The molecule has 1 aliphatic heterocycles. The number of hydrogen-bond acceptors (Lipinski definition) is 5. The van der Waals surface area contributed by atoms with Crippen molar-refractivity contribution in [2.75, 3.05) is 22.8 Å². The summed E-state index contributed by atoms with van der Waals surface area (Å²) in [4.78, 5) is 11.5. The van der Waals surface area contributed by atoms with Gasteiger partial charge in [0, 0.05) is 30.9 Å². The van der Waals surface area contributed by atoms with Crippen molar-refractivity contribution in [2.45, 2.75) is 31.2 Å². The molecule has 3 rings (SSSR count). The fraction of sp³-hybridized carbons (Fsp3) is 0.316. The highest BCUT2D eigenvalue weighted by Crippen LogP contribution is 2.26. The van der Waals surface area contributed by atoms with Gasteiger partial charge < -0.3 is 5.32 Å². The quantitative estimate of drug-likeness (QED) is 0.719. The van der Waals surface area contributed by atoms with Crippen molar-refractivity contribution in [3.63, 3.8) is 0 Å². The van der Waals surface area contributed by atoms with Crippen LogP contribution in [0.3, 0.4) is 0 Å². The minimum absolute atomic E-state index is 0.0579. The molecular formula is C19H23N3O5S2. The van der Waals surface area contributed by atoms with Crippen LogP contribution in [0.1, 0.15) is 24.5 Å². The maximum Gasteiger partial charge on any atom is 0.261 e. The summed E-state index contributed by atoms with van der Waals surface area (Å²) >= 11 is 0. The van der Waals surface area contributed by atoms with Crippen LogP contribution in [0.4, 0.5) is 11.4 Å². The summed E-state index contributed by atoms with van der Waals surface area (Å²) in [5, 5.41) is 2.66. The number of carbonyl (C=O) groups is 1. The lowest BCUT2D eigenvalue weighted by molar-refractivity contribution is -0.115. The zero-order chi connectivity index (χ0) is 21.2. The van der Waals surface area contributed by atoms with Crippen LogP contribution in [-0.2, 0) is 37.8 Å². The molecular weight excluding hydrogens is 414 g/mol. The highest BCUT2D eigenvalue weighted by atomic mass is 32.2. The van der Waals surface area contributed by atoms with E-state index in [4.69, 9.17) is 0 Å². The predicted octanol–water partition coefficient (Wildman–Crippen LogP) is 2.15. The van der Waals surface area contributed by atoms with Gasteiger partial charge >= 0.3 is 0 Å². The number of benzene rings is 2. The molecule has 0 fully saturated rings. The number of rotatable bonds is 6. The number of amides is 1. The molecule has 8 nitrogen and oxygen atoms in total. The Bertz CT molecular complexity index is 1130. The van der Waals surface area contributed by atoms with Crippen molar-refractivity contribution < 1.29 is 21.6 Å². The zero-order valence-corrected chi connectivity index (χ0v) is 17.8. The molecule has 0 radical (unpaired) electrons. The Balaban J connectivity index is 1.78. The van der Waals surface area contributed by atoms with E-state index in [1.807, 2.05) is 6.07 Å². The van der Waals surface area contributed by atoms with Gasteiger partial charge in [-0.15, -0.1) is 0 Å². The maximum atomic E-state index is 12.7. The van der Waals surface area contributed by atoms with Crippen LogP contribution < -0.4 is 10.0 Å². The summed E-state index contributed by atoms with van der Waals surface area (Å²) in [6, 6.07) is 11.0. The smallest absolute Gasteiger partial charge is 0.261 e. The Hall–Kier alpha value is -2.43. The van der Waals surface area contributed by atoms with E-state index < -0.39 is 20.0 Å². The summed E-state index contributed by atoms with van der Waals surface area (Å²) in [6.07, 6.45) is 2.08. The van der Waals surface area contributed by atoms with Gasteiger partial charge in [0.15, 0.2) is 0 Å². The Morgan fingerprint density at radius 1 is 1.00 bits per heavy atom. The van der Waals surface area contributed by atoms with Crippen molar-refractivity contribution in [3.05, 3.63) is 53.6 Å². The summed E-state index contributed by atoms with van der Waals surface area (Å²) in [6.45, 7) is 2.36. The Labute approximate surface area is 171 Å². The molecule has 0 saturated carbocycles. The average molecular weight is 438 g/mol. The van der Waals surface area contributed by atoms with E-state index in [1.165, 1.54) is 28.6 Å². The van der Waals surface area contributed by atoms with E-state index in [0.717, 1.165) is 17.4 Å². The van der Waals surface area contributed by atoms with Gasteiger partial charge in [0.1, 0.15) is 0 Å². The predicted molar refractivity (Wildman–Crippen MR) is 112 cm³/mol. The van der Waals surface area contributed by atoms with Gasteiger partial charge in [-0.1, -0.05) is 13.0 Å². The van der Waals surface area contributed by atoms with Gasteiger partial charge in [-0.3, -0.25) is 9.52 Å². The van der Waals surface area contributed by atoms with Crippen molar-refractivity contribution in [2.24, 2.45) is 0 Å². The van der Waals surface area contributed by atoms with Crippen LogP contribution in [0.2, 0.25) is 0 Å². The van der Waals surface area contributed by atoms with Gasteiger partial charge in [0.05, 0.1) is 11.2 Å². The first-order valence-corrected chi connectivity index (χ1v) is 12.4. The number of nitrogens with zero attached hydrogens (tertiary/aromatic N) is 1. The highest BCUT2D eigenvalue weighted by molar-refractivity contribution is 7.92. The number of fused-ring (bicyclic) bond motifs is 1. The van der Waals surface area contributed by atoms with Crippen LogP contribution in [-0.4, -0.2) is 39.8 Å². The van der Waals surface area contributed by atoms with Crippen LogP contribution in [0.5, 0.6) is 0 Å². The molecule has 156 valence electrons. The summed E-state index contributed by atoms with van der Waals surface area (Å²) in [7, 11) is -7.14. The van der Waals surface area contributed by atoms with Crippen LogP contribution in [0.15, 0.2) is 47.4 Å². The van der Waals surface area contributed by atoms with E-state index in [2.05, 4.69) is 10.0 Å². The second-order valence-corrected chi connectivity index (χ2v) is 10.5. The normalized spacial score (nSPS) is 14.8. The molecule has 0 aromatic heterocycles. The minimum atomic E-state index is -3.83. The fourth-order valence-corrected chi connectivity index (χ4v) is 4.90. The number of anilines is 2. The third-order valence-electron chi connectivity index (χ3n) is 4.67. The van der Waals surface area contributed by atoms with Crippen molar-refractivity contribution in [3.8, 4) is 0 Å². The largest absolute Gasteiger partial charge is 0.326 e. The van der Waals surface area contributed by atoms with Crippen LogP contribution >= 0.6 is 0 Å². The average Bonchev–Trinajstić information content (AvgIpc) is 2.66. The first-order chi connectivity index (χ1) is 13.6. The number of carbonyl (C=O) groups excluding carboxylic acids is 1. The van der Waals surface area contributed by atoms with Crippen LogP contribution in [0, 0.1) is 0 Å². The van der Waals surface area contributed by atoms with Crippen LogP contribution in [0.25, 0.3) is 0 Å². The number of nitrogens with one attached hydrogen (secondary N) is 2. The molecule has 0 bridgehead atoms. The van der Waals surface area contributed by atoms with Crippen molar-refractivity contribution in [1.29, 1.82) is 0 Å². The number of sulfonamides is 2. The minimum Gasteiger partial charge on any atom is -0.326 e. The van der Waals surface area contributed by atoms with E-state index in [9.17, 15) is 21.6 Å². The highest BCUT2D eigenvalue weighted by Gasteiger charge is 2.24. The number of hydrogen-bond donors (Lipinski definition) is 2. The first-order valence-electron chi connectivity index (χ1n) is 9.08. The lowest BCUT2D eigenvalue weighted by Gasteiger charge is -2.27. The van der Waals surface area contributed by atoms with E-state index in [0.29, 0.717) is 30.8 Å². The third kappa shape index (κ3) is 5.14. The third-order valence-corrected chi connectivity index (χ3v) is 7.32. The van der Waals surface area contributed by atoms with Gasteiger partial charge in [-0.05, 0) is 53.9 Å².